The fourth-order valence-electron chi connectivity index (χ4n) is 6.69. The Hall–Kier alpha value is -6.40. The molecule has 0 fully saturated rings. The Bertz CT molecular complexity index is 2510. The number of benzene rings is 4. The normalized spacial score (nSPS) is 11.5. The average Bonchev–Trinajstić information content (AvgIpc) is 3.66. The summed E-state index contributed by atoms with van der Waals surface area (Å²) in [5.74, 6) is 0.922. The van der Waals surface area contributed by atoms with Crippen molar-refractivity contribution in [2.75, 3.05) is 0 Å². The predicted octanol–water partition coefficient (Wildman–Crippen LogP) is 9.52. The van der Waals surface area contributed by atoms with Gasteiger partial charge in [-0.15, -0.1) is 0 Å². The van der Waals surface area contributed by atoms with Crippen LogP contribution in [0.2, 0.25) is 0 Å². The fourth-order valence-corrected chi connectivity index (χ4v) is 6.69. The first-order valence-electron chi connectivity index (χ1n) is 15.6. The van der Waals surface area contributed by atoms with Gasteiger partial charge in [0.2, 0.25) is 0 Å². The van der Waals surface area contributed by atoms with Crippen LogP contribution in [0.4, 0.5) is 0 Å². The Morgan fingerprint density at radius 2 is 1.15 bits per heavy atom. The number of aryl methyl sites for hydroxylation is 1. The second-order valence-corrected chi connectivity index (χ2v) is 11.7. The summed E-state index contributed by atoms with van der Waals surface area (Å²) < 4.78 is 4.56. The molecular formula is C41H28N6. The van der Waals surface area contributed by atoms with Gasteiger partial charge in [0.05, 0.1) is 27.8 Å². The van der Waals surface area contributed by atoms with Crippen molar-refractivity contribution in [1.29, 1.82) is 0 Å². The van der Waals surface area contributed by atoms with Gasteiger partial charge in [-0.3, -0.25) is 15.0 Å². The van der Waals surface area contributed by atoms with E-state index in [2.05, 4.69) is 123 Å². The van der Waals surface area contributed by atoms with Gasteiger partial charge in [-0.05, 0) is 101 Å². The van der Waals surface area contributed by atoms with Crippen LogP contribution in [-0.4, -0.2) is 29.1 Å². The van der Waals surface area contributed by atoms with Crippen molar-refractivity contribution in [2.24, 2.45) is 7.05 Å². The molecular weight excluding hydrogens is 576 g/mol. The summed E-state index contributed by atoms with van der Waals surface area (Å²) in [5.41, 5.74) is 12.9. The van der Waals surface area contributed by atoms with Gasteiger partial charge in [-0.1, -0.05) is 42.5 Å². The summed E-state index contributed by atoms with van der Waals surface area (Å²) in [4.78, 5) is 18.3. The van der Waals surface area contributed by atoms with Crippen LogP contribution in [-0.2, 0) is 7.05 Å². The van der Waals surface area contributed by atoms with Gasteiger partial charge in [0, 0.05) is 65.6 Å². The van der Waals surface area contributed by atoms with Crippen LogP contribution >= 0.6 is 0 Å². The van der Waals surface area contributed by atoms with Crippen molar-refractivity contribution in [3.63, 3.8) is 0 Å². The number of hydrogen-bond donors (Lipinski definition) is 0. The minimum atomic E-state index is 0.922. The van der Waals surface area contributed by atoms with Crippen molar-refractivity contribution in [1.82, 2.24) is 29.1 Å². The second kappa shape index (κ2) is 10.9. The largest absolute Gasteiger partial charge is 0.327 e. The van der Waals surface area contributed by atoms with E-state index < -0.39 is 0 Å². The molecule has 0 saturated heterocycles. The van der Waals surface area contributed by atoms with Crippen LogP contribution in [0.25, 0.3) is 83.4 Å². The number of fused-ring (bicyclic) bond motifs is 4. The minimum absolute atomic E-state index is 0.922. The maximum atomic E-state index is 5.12. The maximum absolute atomic E-state index is 5.12. The number of imidazole rings is 1. The standard InChI is InChI=1S/C41H28N6/c1-46-40-25-29(27-13-18-42-19-14-27)10-12-37(40)45-41(46)30-9-11-35-34-6-2-3-8-38(34)47(39(35)26-30)33-23-31(28-15-20-43-21-16-28)22-32(24-33)36-7-4-5-17-44-36/h2-26H,1H3. The third kappa shape index (κ3) is 4.58. The molecule has 0 aliphatic rings. The zero-order chi connectivity index (χ0) is 31.3. The van der Waals surface area contributed by atoms with Gasteiger partial charge in [0.25, 0.3) is 0 Å². The Morgan fingerprint density at radius 1 is 0.468 bits per heavy atom. The molecule has 0 bridgehead atoms. The maximum Gasteiger partial charge on any atom is 0.140 e. The van der Waals surface area contributed by atoms with E-state index in [4.69, 9.17) is 9.97 Å². The molecule has 0 unspecified atom stereocenters. The van der Waals surface area contributed by atoms with Gasteiger partial charge in [-0.2, -0.15) is 0 Å². The lowest BCUT2D eigenvalue weighted by molar-refractivity contribution is 0.959. The molecule has 6 nitrogen and oxygen atoms in total. The molecule has 0 spiro atoms. The van der Waals surface area contributed by atoms with E-state index in [-0.39, 0.29) is 0 Å². The van der Waals surface area contributed by atoms with E-state index in [9.17, 15) is 0 Å². The summed E-state index contributed by atoms with van der Waals surface area (Å²) in [7, 11) is 2.10. The first-order chi connectivity index (χ1) is 23.2. The van der Waals surface area contributed by atoms with Gasteiger partial charge in [-0.25, -0.2) is 4.98 Å². The van der Waals surface area contributed by atoms with Crippen LogP contribution in [0.15, 0.2) is 152 Å². The zero-order valence-corrected chi connectivity index (χ0v) is 25.6. The molecule has 5 heterocycles. The van der Waals surface area contributed by atoms with E-state index in [0.717, 1.165) is 72.7 Å². The highest BCUT2D eigenvalue weighted by molar-refractivity contribution is 6.10. The van der Waals surface area contributed by atoms with Crippen LogP contribution < -0.4 is 0 Å². The Kier molecular flexibility index (Phi) is 6.25. The lowest BCUT2D eigenvalue weighted by Gasteiger charge is -2.14. The average molecular weight is 605 g/mol. The number of pyridine rings is 3. The van der Waals surface area contributed by atoms with Gasteiger partial charge >= 0.3 is 0 Å². The number of rotatable bonds is 5. The van der Waals surface area contributed by atoms with Gasteiger partial charge < -0.3 is 9.13 Å². The van der Waals surface area contributed by atoms with E-state index in [0.29, 0.717) is 0 Å². The molecule has 0 aliphatic carbocycles. The first-order valence-corrected chi connectivity index (χ1v) is 15.6. The SMILES string of the molecule is Cn1c(-c2ccc3c4ccccc4n(-c4cc(-c5ccncc5)cc(-c5ccccn5)c4)c3c2)nc2ccc(-c3ccncc3)cc21. The molecule has 6 heteroatoms. The van der Waals surface area contributed by atoms with Crippen molar-refractivity contribution >= 4 is 32.8 Å². The molecule has 0 atom stereocenters. The molecule has 0 amide bonds. The van der Waals surface area contributed by atoms with Crippen LogP contribution in [0, 0.1) is 0 Å². The number of aromatic nitrogens is 6. The quantitative estimate of drug-likeness (QED) is 0.196. The van der Waals surface area contributed by atoms with E-state index in [1.54, 1.807) is 0 Å². The molecule has 47 heavy (non-hydrogen) atoms. The molecule has 0 aliphatic heterocycles. The number of hydrogen-bond acceptors (Lipinski definition) is 4. The number of para-hydroxylation sites is 1. The zero-order valence-electron chi connectivity index (χ0n) is 25.6. The Labute approximate surface area is 271 Å². The summed E-state index contributed by atoms with van der Waals surface area (Å²) in [6, 6.07) is 42.7. The van der Waals surface area contributed by atoms with E-state index >= 15 is 0 Å². The molecule has 4 aromatic carbocycles. The molecule has 9 aromatic rings. The summed E-state index contributed by atoms with van der Waals surface area (Å²) in [6.07, 6.45) is 9.18. The van der Waals surface area contributed by atoms with Crippen molar-refractivity contribution in [3.05, 3.63) is 152 Å². The van der Waals surface area contributed by atoms with E-state index in [1.165, 1.54) is 10.8 Å². The predicted molar refractivity (Wildman–Crippen MR) is 190 cm³/mol. The van der Waals surface area contributed by atoms with Gasteiger partial charge in [0.1, 0.15) is 5.82 Å². The molecule has 0 radical (unpaired) electrons. The van der Waals surface area contributed by atoms with E-state index in [1.807, 2.05) is 55.2 Å². The molecule has 222 valence electrons. The monoisotopic (exact) mass is 604 g/mol. The smallest absolute Gasteiger partial charge is 0.140 e. The molecule has 5 aromatic heterocycles. The lowest BCUT2D eigenvalue weighted by Crippen LogP contribution is -1.97. The molecule has 0 saturated carbocycles. The topological polar surface area (TPSA) is 61.4 Å². The first kappa shape index (κ1) is 27.0. The van der Waals surface area contributed by atoms with Crippen molar-refractivity contribution in [3.8, 4) is 50.6 Å². The summed E-state index contributed by atoms with van der Waals surface area (Å²) in [5, 5.41) is 2.39. The highest BCUT2D eigenvalue weighted by Gasteiger charge is 2.18. The van der Waals surface area contributed by atoms with Gasteiger partial charge in [0.15, 0.2) is 0 Å². The van der Waals surface area contributed by atoms with Crippen LogP contribution in [0.1, 0.15) is 0 Å². The van der Waals surface area contributed by atoms with Crippen molar-refractivity contribution in [2.45, 2.75) is 0 Å². The summed E-state index contributed by atoms with van der Waals surface area (Å²) >= 11 is 0. The Morgan fingerprint density at radius 3 is 1.94 bits per heavy atom. The second-order valence-electron chi connectivity index (χ2n) is 11.7. The fraction of sp³-hybridized carbons (Fsp3) is 0.0244. The Balaban J connectivity index is 1.27. The highest BCUT2D eigenvalue weighted by Crippen LogP contribution is 2.38. The third-order valence-electron chi connectivity index (χ3n) is 8.98. The summed E-state index contributed by atoms with van der Waals surface area (Å²) in [6.45, 7) is 0. The van der Waals surface area contributed by atoms with Crippen LogP contribution in [0.3, 0.4) is 0 Å². The van der Waals surface area contributed by atoms with Crippen molar-refractivity contribution < 1.29 is 0 Å². The lowest BCUT2D eigenvalue weighted by atomic mass is 10.0. The minimum Gasteiger partial charge on any atom is -0.327 e. The van der Waals surface area contributed by atoms with Crippen LogP contribution in [0.5, 0.6) is 0 Å². The highest BCUT2D eigenvalue weighted by atomic mass is 15.1. The number of nitrogens with zero attached hydrogens (tertiary/aromatic N) is 6. The molecule has 9 rings (SSSR count). The molecule has 0 N–H and O–H groups in total. The third-order valence-corrected chi connectivity index (χ3v) is 8.98.